The van der Waals surface area contributed by atoms with Gasteiger partial charge in [-0.05, 0) is 49.2 Å². The van der Waals surface area contributed by atoms with Gasteiger partial charge in [0.15, 0.2) is 6.61 Å². The number of benzene rings is 2. The summed E-state index contributed by atoms with van der Waals surface area (Å²) in [5.74, 6) is 0.506. The molecule has 0 saturated carbocycles. The molecule has 0 aromatic heterocycles. The summed E-state index contributed by atoms with van der Waals surface area (Å²) in [6, 6.07) is 14.4. The Morgan fingerprint density at radius 1 is 0.893 bits per heavy atom. The molecule has 2 rings (SSSR count). The van der Waals surface area contributed by atoms with Crippen molar-refractivity contribution in [2.24, 2.45) is 0 Å². The molecule has 6 heteroatoms. The number of rotatable bonds is 8. The molecule has 148 valence electrons. The van der Waals surface area contributed by atoms with Crippen molar-refractivity contribution < 1.29 is 23.8 Å². The second-order valence-electron chi connectivity index (χ2n) is 6.38. The van der Waals surface area contributed by atoms with E-state index in [0.29, 0.717) is 0 Å². The molecule has 0 atom stereocenters. The lowest BCUT2D eigenvalue weighted by Crippen LogP contribution is -2.33. The van der Waals surface area contributed by atoms with Crippen molar-refractivity contribution in [2.75, 3.05) is 20.8 Å². The van der Waals surface area contributed by atoms with Gasteiger partial charge in [0.05, 0.1) is 20.3 Å². The zero-order valence-corrected chi connectivity index (χ0v) is 16.5. The summed E-state index contributed by atoms with van der Waals surface area (Å²) >= 11 is 0. The Balaban J connectivity index is 2.18. The van der Waals surface area contributed by atoms with E-state index in [1.54, 1.807) is 28.1 Å². The molecule has 1 N–H and O–H groups in total. The van der Waals surface area contributed by atoms with Gasteiger partial charge in [0.25, 0.3) is 5.91 Å². The minimum atomic E-state index is -0.541. The molecular formula is C22H25NO5. The highest BCUT2D eigenvalue weighted by molar-refractivity contribution is 5.86. The summed E-state index contributed by atoms with van der Waals surface area (Å²) in [5.41, 5.74) is 2.55. The van der Waals surface area contributed by atoms with Gasteiger partial charge >= 0.3 is 5.97 Å². The number of nitrogens with one attached hydrogen (secondary N) is 1. The second kappa shape index (κ2) is 10.2. The van der Waals surface area contributed by atoms with Gasteiger partial charge in [-0.3, -0.25) is 4.79 Å². The van der Waals surface area contributed by atoms with Gasteiger partial charge in [-0.25, -0.2) is 4.79 Å². The van der Waals surface area contributed by atoms with E-state index in [1.807, 2.05) is 48.5 Å². The van der Waals surface area contributed by atoms with Crippen LogP contribution in [0, 0.1) is 0 Å². The van der Waals surface area contributed by atoms with E-state index in [0.717, 1.165) is 28.2 Å². The van der Waals surface area contributed by atoms with Crippen LogP contribution < -0.4 is 14.8 Å². The SMILES string of the molecule is COc1ccc(C(NC(=O)COC(=O)C=C(C)C)c2ccc(OC)cc2)cc1. The first-order valence-electron chi connectivity index (χ1n) is 8.82. The minimum absolute atomic E-state index is 0.356. The lowest BCUT2D eigenvalue weighted by atomic mass is 9.98. The van der Waals surface area contributed by atoms with Crippen molar-refractivity contribution in [3.63, 3.8) is 0 Å². The van der Waals surface area contributed by atoms with Crippen LogP contribution >= 0.6 is 0 Å². The molecule has 1 amide bonds. The number of esters is 1. The molecule has 0 spiro atoms. The number of hydrogen-bond donors (Lipinski definition) is 1. The largest absolute Gasteiger partial charge is 0.497 e. The fraction of sp³-hybridized carbons (Fsp3) is 0.273. The van der Waals surface area contributed by atoms with Crippen LogP contribution in [0.3, 0.4) is 0 Å². The molecule has 0 saturated heterocycles. The Bertz CT molecular complexity index is 774. The Labute approximate surface area is 165 Å². The Hall–Kier alpha value is -3.28. The predicted molar refractivity (Wildman–Crippen MR) is 106 cm³/mol. The van der Waals surface area contributed by atoms with Crippen LogP contribution in [0.15, 0.2) is 60.2 Å². The molecule has 0 aliphatic carbocycles. The summed E-state index contributed by atoms with van der Waals surface area (Å²) in [6.45, 7) is 3.21. The first-order valence-corrected chi connectivity index (χ1v) is 8.82. The third kappa shape index (κ3) is 6.16. The van der Waals surface area contributed by atoms with Gasteiger partial charge in [0.2, 0.25) is 0 Å². The highest BCUT2D eigenvalue weighted by Gasteiger charge is 2.18. The number of ether oxygens (including phenoxy) is 3. The first-order chi connectivity index (χ1) is 13.4. The molecule has 0 fully saturated rings. The average Bonchev–Trinajstić information content (AvgIpc) is 2.70. The number of carbonyl (C=O) groups is 2. The number of hydrogen-bond acceptors (Lipinski definition) is 5. The standard InChI is InChI=1S/C22H25NO5/c1-15(2)13-21(25)28-14-20(24)23-22(16-5-9-18(26-3)10-6-16)17-7-11-19(27-4)12-8-17/h5-13,22H,14H2,1-4H3,(H,23,24). The van der Waals surface area contributed by atoms with Crippen molar-refractivity contribution >= 4 is 11.9 Å². The molecule has 0 radical (unpaired) electrons. The number of carbonyl (C=O) groups excluding carboxylic acids is 2. The minimum Gasteiger partial charge on any atom is -0.497 e. The van der Waals surface area contributed by atoms with Gasteiger partial charge < -0.3 is 19.5 Å². The highest BCUT2D eigenvalue weighted by Crippen LogP contribution is 2.26. The van der Waals surface area contributed by atoms with E-state index >= 15 is 0 Å². The zero-order valence-electron chi connectivity index (χ0n) is 16.5. The molecular weight excluding hydrogens is 358 g/mol. The summed E-state index contributed by atoms with van der Waals surface area (Å²) in [4.78, 5) is 24.0. The van der Waals surface area contributed by atoms with Crippen LogP contribution in [0.1, 0.15) is 31.0 Å². The monoisotopic (exact) mass is 383 g/mol. The molecule has 0 aliphatic heterocycles. The Morgan fingerprint density at radius 2 is 1.36 bits per heavy atom. The molecule has 0 unspecified atom stereocenters. The molecule has 0 aliphatic rings. The van der Waals surface area contributed by atoms with Crippen LogP contribution in [0.25, 0.3) is 0 Å². The quantitative estimate of drug-likeness (QED) is 0.559. The van der Waals surface area contributed by atoms with Crippen molar-refractivity contribution in [1.82, 2.24) is 5.32 Å². The van der Waals surface area contributed by atoms with E-state index in [4.69, 9.17) is 14.2 Å². The van der Waals surface area contributed by atoms with Crippen molar-refractivity contribution in [3.8, 4) is 11.5 Å². The normalized spacial score (nSPS) is 10.2. The summed E-state index contributed by atoms with van der Waals surface area (Å²) < 4.78 is 15.4. The number of methoxy groups -OCH3 is 2. The van der Waals surface area contributed by atoms with Gasteiger partial charge in [0.1, 0.15) is 11.5 Å². The maximum Gasteiger partial charge on any atom is 0.331 e. The summed E-state index contributed by atoms with van der Waals surface area (Å²) in [7, 11) is 3.19. The molecule has 0 heterocycles. The molecule has 2 aromatic rings. The lowest BCUT2D eigenvalue weighted by Gasteiger charge is -2.20. The number of amides is 1. The number of allylic oxidation sites excluding steroid dienone is 1. The topological polar surface area (TPSA) is 73.9 Å². The molecule has 28 heavy (non-hydrogen) atoms. The maximum absolute atomic E-state index is 12.4. The van der Waals surface area contributed by atoms with Crippen molar-refractivity contribution in [1.29, 1.82) is 0 Å². The average molecular weight is 383 g/mol. The Morgan fingerprint density at radius 3 is 1.75 bits per heavy atom. The first kappa shape index (κ1) is 21.0. The summed E-state index contributed by atoms with van der Waals surface area (Å²) in [6.07, 6.45) is 1.34. The second-order valence-corrected chi connectivity index (χ2v) is 6.38. The van der Waals surface area contributed by atoms with E-state index in [2.05, 4.69) is 5.32 Å². The molecule has 2 aromatic carbocycles. The van der Waals surface area contributed by atoms with Gasteiger partial charge in [0, 0.05) is 6.08 Å². The van der Waals surface area contributed by atoms with Gasteiger partial charge in [-0.2, -0.15) is 0 Å². The predicted octanol–water partition coefficient (Wildman–Crippen LogP) is 3.42. The lowest BCUT2D eigenvalue weighted by molar-refractivity contribution is -0.144. The molecule has 0 bridgehead atoms. The summed E-state index contributed by atoms with van der Waals surface area (Å²) in [5, 5.41) is 2.91. The van der Waals surface area contributed by atoms with E-state index in [-0.39, 0.29) is 6.61 Å². The third-order valence-corrected chi connectivity index (χ3v) is 3.96. The van der Waals surface area contributed by atoms with Crippen molar-refractivity contribution in [2.45, 2.75) is 19.9 Å². The maximum atomic E-state index is 12.4. The van der Waals surface area contributed by atoms with Gasteiger partial charge in [-0.1, -0.05) is 29.8 Å². The third-order valence-electron chi connectivity index (χ3n) is 3.96. The van der Waals surface area contributed by atoms with Crippen LogP contribution in [0.4, 0.5) is 0 Å². The Kier molecular flexibility index (Phi) is 7.63. The van der Waals surface area contributed by atoms with Crippen LogP contribution in [0.5, 0.6) is 11.5 Å². The van der Waals surface area contributed by atoms with E-state index in [9.17, 15) is 9.59 Å². The van der Waals surface area contributed by atoms with Gasteiger partial charge in [-0.15, -0.1) is 0 Å². The smallest absolute Gasteiger partial charge is 0.331 e. The van der Waals surface area contributed by atoms with Crippen LogP contribution in [-0.4, -0.2) is 32.7 Å². The fourth-order valence-corrected chi connectivity index (χ4v) is 2.57. The fourth-order valence-electron chi connectivity index (χ4n) is 2.57. The zero-order chi connectivity index (χ0) is 20.5. The highest BCUT2D eigenvalue weighted by atomic mass is 16.5. The van der Waals surface area contributed by atoms with E-state index in [1.165, 1.54) is 6.08 Å². The van der Waals surface area contributed by atoms with Crippen LogP contribution in [0.2, 0.25) is 0 Å². The van der Waals surface area contributed by atoms with Crippen molar-refractivity contribution in [3.05, 3.63) is 71.3 Å². The van der Waals surface area contributed by atoms with E-state index < -0.39 is 17.9 Å². The molecule has 6 nitrogen and oxygen atoms in total. The van der Waals surface area contributed by atoms with Crippen LogP contribution in [-0.2, 0) is 14.3 Å².